The van der Waals surface area contributed by atoms with E-state index in [9.17, 15) is 0 Å². The number of rotatable bonds is 5. The number of aromatic nitrogens is 1. The highest BCUT2D eigenvalue weighted by Gasteiger charge is 2.12. The summed E-state index contributed by atoms with van der Waals surface area (Å²) < 4.78 is 1.02. The Morgan fingerprint density at radius 3 is 2.74 bits per heavy atom. The van der Waals surface area contributed by atoms with E-state index in [0.29, 0.717) is 0 Å². The van der Waals surface area contributed by atoms with Crippen LogP contribution in [0.15, 0.2) is 47.1 Å². The Morgan fingerprint density at radius 1 is 1.26 bits per heavy atom. The Morgan fingerprint density at radius 2 is 2.11 bits per heavy atom. The summed E-state index contributed by atoms with van der Waals surface area (Å²) in [5.41, 5.74) is 3.73. The number of halogens is 1. The average Bonchev–Trinajstić information content (AvgIpc) is 2.39. The van der Waals surface area contributed by atoms with Gasteiger partial charge in [-0.15, -0.1) is 0 Å². The van der Waals surface area contributed by atoms with Crippen LogP contribution in [0.4, 0.5) is 0 Å². The monoisotopic (exact) mass is 318 g/mol. The topological polar surface area (TPSA) is 24.9 Å². The van der Waals surface area contributed by atoms with Gasteiger partial charge in [-0.1, -0.05) is 36.8 Å². The van der Waals surface area contributed by atoms with Gasteiger partial charge in [0.05, 0.1) is 11.7 Å². The lowest BCUT2D eigenvalue weighted by Gasteiger charge is -2.17. The minimum Gasteiger partial charge on any atom is -0.309 e. The van der Waals surface area contributed by atoms with Crippen LogP contribution in [0.3, 0.4) is 0 Å². The van der Waals surface area contributed by atoms with E-state index in [4.69, 9.17) is 0 Å². The summed E-state index contributed by atoms with van der Waals surface area (Å²) in [6.45, 7) is 5.19. The highest BCUT2D eigenvalue weighted by molar-refractivity contribution is 9.10. The lowest BCUT2D eigenvalue weighted by Crippen LogP contribution is -2.23. The van der Waals surface area contributed by atoms with E-state index in [1.54, 1.807) is 0 Å². The number of hydrogen-bond donors (Lipinski definition) is 1. The summed E-state index contributed by atoms with van der Waals surface area (Å²) in [6, 6.07) is 13.0. The third-order valence-electron chi connectivity index (χ3n) is 3.08. The lowest BCUT2D eigenvalue weighted by atomic mass is 10.0. The molecule has 3 heteroatoms. The third-order valence-corrected chi connectivity index (χ3v) is 3.55. The zero-order chi connectivity index (χ0) is 13.7. The van der Waals surface area contributed by atoms with Crippen molar-refractivity contribution in [1.29, 1.82) is 0 Å². The quantitative estimate of drug-likeness (QED) is 0.899. The molecular weight excluding hydrogens is 300 g/mol. The van der Waals surface area contributed by atoms with Crippen molar-refractivity contribution in [2.24, 2.45) is 0 Å². The SMILES string of the molecule is CCNC(Cc1cccc(C)c1)c1ccc(Br)cn1. The van der Waals surface area contributed by atoms with Crippen LogP contribution in [0.1, 0.15) is 29.8 Å². The van der Waals surface area contributed by atoms with E-state index in [0.717, 1.165) is 23.1 Å². The molecule has 1 heterocycles. The number of nitrogens with zero attached hydrogens (tertiary/aromatic N) is 1. The van der Waals surface area contributed by atoms with Crippen LogP contribution in [0.2, 0.25) is 0 Å². The van der Waals surface area contributed by atoms with Gasteiger partial charge < -0.3 is 5.32 Å². The largest absolute Gasteiger partial charge is 0.309 e. The first kappa shape index (κ1) is 14.2. The second-order valence-corrected chi connectivity index (χ2v) is 5.62. The highest BCUT2D eigenvalue weighted by Crippen LogP contribution is 2.19. The van der Waals surface area contributed by atoms with Gasteiger partial charge in [0.25, 0.3) is 0 Å². The fourth-order valence-electron chi connectivity index (χ4n) is 2.20. The second kappa shape index (κ2) is 6.83. The molecule has 0 amide bonds. The summed E-state index contributed by atoms with van der Waals surface area (Å²) in [5.74, 6) is 0. The Labute approximate surface area is 123 Å². The molecule has 2 aromatic rings. The summed E-state index contributed by atoms with van der Waals surface area (Å²) in [6.07, 6.45) is 2.82. The summed E-state index contributed by atoms with van der Waals surface area (Å²) in [5, 5.41) is 3.51. The molecule has 0 bridgehead atoms. The molecule has 0 aliphatic rings. The first-order valence-electron chi connectivity index (χ1n) is 6.59. The molecule has 1 aromatic carbocycles. The predicted octanol–water partition coefficient (Wildman–Crippen LogP) is 4.05. The van der Waals surface area contributed by atoms with Crippen molar-refractivity contribution in [3.05, 3.63) is 63.9 Å². The minimum absolute atomic E-state index is 0.264. The molecule has 0 aliphatic heterocycles. The van der Waals surface area contributed by atoms with Crippen LogP contribution in [-0.2, 0) is 6.42 Å². The standard InChI is InChI=1S/C16H19BrN2/c1-3-18-16(15-8-7-14(17)11-19-15)10-13-6-4-5-12(2)9-13/h4-9,11,16,18H,3,10H2,1-2H3. The van der Waals surface area contributed by atoms with Gasteiger partial charge in [-0.2, -0.15) is 0 Å². The molecule has 2 nitrogen and oxygen atoms in total. The van der Waals surface area contributed by atoms with Gasteiger partial charge in [0.15, 0.2) is 0 Å². The van der Waals surface area contributed by atoms with Crippen molar-refractivity contribution >= 4 is 15.9 Å². The van der Waals surface area contributed by atoms with Gasteiger partial charge in [-0.25, -0.2) is 0 Å². The molecule has 2 rings (SSSR count). The number of benzene rings is 1. The van der Waals surface area contributed by atoms with Crippen LogP contribution < -0.4 is 5.32 Å². The molecule has 0 fully saturated rings. The van der Waals surface area contributed by atoms with Crippen molar-refractivity contribution in [3.8, 4) is 0 Å². The summed E-state index contributed by atoms with van der Waals surface area (Å²) in [7, 11) is 0. The van der Waals surface area contributed by atoms with Crippen LogP contribution in [0, 0.1) is 6.92 Å². The van der Waals surface area contributed by atoms with Crippen molar-refractivity contribution in [2.75, 3.05) is 6.54 Å². The molecule has 0 aliphatic carbocycles. The van der Waals surface area contributed by atoms with E-state index < -0.39 is 0 Å². The minimum atomic E-state index is 0.264. The van der Waals surface area contributed by atoms with Crippen LogP contribution >= 0.6 is 15.9 Å². The van der Waals surface area contributed by atoms with Gasteiger partial charge in [0, 0.05) is 10.7 Å². The van der Waals surface area contributed by atoms with E-state index in [-0.39, 0.29) is 6.04 Å². The molecule has 0 radical (unpaired) electrons. The smallest absolute Gasteiger partial charge is 0.0577 e. The molecule has 1 atom stereocenters. The Balaban J connectivity index is 2.18. The van der Waals surface area contributed by atoms with Gasteiger partial charge in [0.1, 0.15) is 0 Å². The first-order chi connectivity index (χ1) is 9.19. The number of aryl methyl sites for hydroxylation is 1. The van der Waals surface area contributed by atoms with Crippen LogP contribution in [0.25, 0.3) is 0 Å². The van der Waals surface area contributed by atoms with Crippen molar-refractivity contribution in [2.45, 2.75) is 26.3 Å². The maximum Gasteiger partial charge on any atom is 0.0577 e. The van der Waals surface area contributed by atoms with Gasteiger partial charge in [-0.05, 0) is 53.5 Å². The zero-order valence-electron chi connectivity index (χ0n) is 11.4. The van der Waals surface area contributed by atoms with Crippen LogP contribution in [-0.4, -0.2) is 11.5 Å². The van der Waals surface area contributed by atoms with E-state index in [2.05, 4.69) is 70.4 Å². The van der Waals surface area contributed by atoms with E-state index >= 15 is 0 Å². The molecule has 100 valence electrons. The normalized spacial score (nSPS) is 12.4. The van der Waals surface area contributed by atoms with Crippen molar-refractivity contribution in [3.63, 3.8) is 0 Å². The van der Waals surface area contributed by atoms with E-state index in [1.807, 2.05) is 12.3 Å². The van der Waals surface area contributed by atoms with Gasteiger partial charge in [-0.3, -0.25) is 4.98 Å². The molecule has 0 spiro atoms. The van der Waals surface area contributed by atoms with E-state index in [1.165, 1.54) is 11.1 Å². The summed E-state index contributed by atoms with van der Waals surface area (Å²) in [4.78, 5) is 4.51. The first-order valence-corrected chi connectivity index (χ1v) is 7.38. The molecule has 19 heavy (non-hydrogen) atoms. The Hall–Kier alpha value is -1.19. The molecule has 0 saturated heterocycles. The summed E-state index contributed by atoms with van der Waals surface area (Å²) >= 11 is 3.43. The highest BCUT2D eigenvalue weighted by atomic mass is 79.9. The number of likely N-dealkylation sites (N-methyl/N-ethyl adjacent to an activating group) is 1. The lowest BCUT2D eigenvalue weighted by molar-refractivity contribution is 0.536. The predicted molar refractivity (Wildman–Crippen MR) is 83.2 cm³/mol. The number of nitrogens with one attached hydrogen (secondary N) is 1. The Bertz CT molecular complexity index is 523. The fraction of sp³-hybridized carbons (Fsp3) is 0.312. The zero-order valence-corrected chi connectivity index (χ0v) is 12.9. The maximum atomic E-state index is 4.51. The van der Waals surface area contributed by atoms with Crippen molar-refractivity contribution in [1.82, 2.24) is 10.3 Å². The molecule has 1 N–H and O–H groups in total. The third kappa shape index (κ3) is 4.15. The van der Waals surface area contributed by atoms with Crippen LogP contribution in [0.5, 0.6) is 0 Å². The number of pyridine rings is 1. The average molecular weight is 319 g/mol. The maximum absolute atomic E-state index is 4.51. The van der Waals surface area contributed by atoms with Gasteiger partial charge >= 0.3 is 0 Å². The van der Waals surface area contributed by atoms with Crippen molar-refractivity contribution < 1.29 is 0 Å². The fourth-order valence-corrected chi connectivity index (χ4v) is 2.43. The Kier molecular flexibility index (Phi) is 5.11. The second-order valence-electron chi connectivity index (χ2n) is 4.70. The molecule has 1 aromatic heterocycles. The van der Waals surface area contributed by atoms with Gasteiger partial charge in [0.2, 0.25) is 0 Å². The number of hydrogen-bond acceptors (Lipinski definition) is 2. The molecular formula is C16H19BrN2. The molecule has 0 saturated carbocycles. The molecule has 1 unspecified atom stereocenters.